The number of hydrogen-bond donors (Lipinski definition) is 8. The topological polar surface area (TPSA) is 243 Å². The van der Waals surface area contributed by atoms with Crippen molar-refractivity contribution in [3.8, 4) is 0 Å². The zero-order valence-electron chi connectivity index (χ0n) is 23.1. The summed E-state index contributed by atoms with van der Waals surface area (Å²) < 4.78 is 48.4. The molecule has 1 aliphatic rings. The number of anilines is 4. The van der Waals surface area contributed by atoms with E-state index in [9.17, 15) is 57.4 Å². The smallest absolute Gasteiger partial charge is 0.344 e. The third kappa shape index (κ3) is 13.3. The molecule has 1 aliphatic heterocycles. The van der Waals surface area contributed by atoms with Gasteiger partial charge in [-0.2, -0.15) is 0 Å². The summed E-state index contributed by atoms with van der Waals surface area (Å²) >= 11 is 0. The fraction of sp³-hybridized carbons (Fsp3) is 0.455. The van der Waals surface area contributed by atoms with E-state index in [4.69, 9.17) is 0 Å². The summed E-state index contributed by atoms with van der Waals surface area (Å²) in [5, 5.41) is 0. The molecule has 0 aliphatic carbocycles. The molecule has 239 valence electrons. The monoisotopic (exact) mass is 762 g/mol. The van der Waals surface area contributed by atoms with E-state index in [1.54, 1.807) is 48.5 Å². The van der Waals surface area contributed by atoms with Crippen LogP contribution in [0.4, 0.5) is 22.7 Å². The predicted octanol–water partition coefficient (Wildman–Crippen LogP) is 1.94. The van der Waals surface area contributed by atoms with E-state index < -0.39 is 55.5 Å². The van der Waals surface area contributed by atoms with E-state index in [0.717, 1.165) is 0 Å². The Morgan fingerprint density at radius 2 is 0.628 bits per heavy atom. The van der Waals surface area contributed by atoms with Gasteiger partial charge in [-0.15, -0.1) is 0 Å². The van der Waals surface area contributed by atoms with Crippen LogP contribution < -0.4 is 19.6 Å². The van der Waals surface area contributed by atoms with Gasteiger partial charge in [-0.1, -0.05) is 24.3 Å². The van der Waals surface area contributed by atoms with Crippen LogP contribution in [0, 0.1) is 0 Å². The normalized spacial score (nSPS) is 16.2. The first-order valence-corrected chi connectivity index (χ1v) is 19.9. The van der Waals surface area contributed by atoms with Crippen LogP contribution in [0.25, 0.3) is 0 Å². The van der Waals surface area contributed by atoms with Crippen molar-refractivity contribution in [3.05, 3.63) is 48.5 Å². The number of hydrogen-bond acceptors (Lipinski definition) is 8. The van der Waals surface area contributed by atoms with E-state index in [2.05, 4.69) is 0 Å². The molecule has 0 saturated carbocycles. The minimum atomic E-state index is -4.64. The van der Waals surface area contributed by atoms with Crippen molar-refractivity contribution in [1.29, 1.82) is 0 Å². The molecule has 21 heteroatoms. The molecule has 0 bridgehead atoms. The van der Waals surface area contributed by atoms with Gasteiger partial charge in [-0.3, -0.25) is 18.3 Å². The SMILES string of the molecule is O=P(O)(O)CN1CCCN(CP(=O)(O)O)c2ccccc2N(CP(=O)(O)O)CCCN(CP(=O)(O)O)c2ccccc21.[90Y]. The minimum Gasteiger partial charge on any atom is -0.358 e. The minimum absolute atomic E-state index is 0. The van der Waals surface area contributed by atoms with Gasteiger partial charge in [-0.25, -0.2) is 0 Å². The van der Waals surface area contributed by atoms with Gasteiger partial charge in [0.05, 0.1) is 22.7 Å². The molecule has 2 aromatic carbocycles. The van der Waals surface area contributed by atoms with Gasteiger partial charge in [0.1, 0.15) is 25.1 Å². The molecule has 0 unspecified atom stereocenters. The molecule has 0 aromatic heterocycles. The fourth-order valence-electron chi connectivity index (χ4n) is 4.86. The van der Waals surface area contributed by atoms with Crippen molar-refractivity contribution in [2.24, 2.45) is 0 Å². The Morgan fingerprint density at radius 3 is 0.791 bits per heavy atom. The van der Waals surface area contributed by atoms with E-state index in [1.165, 1.54) is 19.6 Å². The Balaban J connectivity index is 0.00000645. The van der Waals surface area contributed by atoms with Gasteiger partial charge < -0.3 is 58.7 Å². The van der Waals surface area contributed by atoms with E-state index in [0.29, 0.717) is 0 Å². The van der Waals surface area contributed by atoms with Crippen LogP contribution in [0.1, 0.15) is 12.8 Å². The Kier molecular flexibility index (Phi) is 14.1. The third-order valence-corrected chi connectivity index (χ3v) is 9.10. The molecule has 2 aromatic rings. The second-order valence-electron chi connectivity index (χ2n) is 9.96. The zero-order chi connectivity index (χ0) is 31.3. The van der Waals surface area contributed by atoms with Crippen molar-refractivity contribution < 1.29 is 90.1 Å². The van der Waals surface area contributed by atoms with Gasteiger partial charge in [0.2, 0.25) is 0 Å². The van der Waals surface area contributed by atoms with Crippen LogP contribution in [0.5, 0.6) is 0 Å². The molecular weight excluding hydrogens is 726 g/mol. The maximum atomic E-state index is 12.1. The van der Waals surface area contributed by atoms with E-state index >= 15 is 0 Å². The molecular formula is C22H36N4O12P4Y. The molecule has 0 saturated heterocycles. The summed E-state index contributed by atoms with van der Waals surface area (Å²) in [6, 6.07) is 12.6. The molecule has 16 nitrogen and oxygen atoms in total. The van der Waals surface area contributed by atoms with Gasteiger partial charge in [0.15, 0.2) is 0 Å². The molecule has 1 heterocycles. The van der Waals surface area contributed by atoms with Gasteiger partial charge in [0, 0.05) is 58.9 Å². The van der Waals surface area contributed by atoms with Crippen LogP contribution >= 0.6 is 30.4 Å². The average molecular weight is 762 g/mol. The number of rotatable bonds is 8. The van der Waals surface area contributed by atoms with Gasteiger partial charge >= 0.3 is 30.4 Å². The number of nitrogens with zero attached hydrogens (tertiary/aromatic N) is 4. The summed E-state index contributed by atoms with van der Waals surface area (Å²) in [5.74, 6) is 0. The maximum absolute atomic E-state index is 12.1. The molecule has 0 fully saturated rings. The first kappa shape index (κ1) is 38.5. The van der Waals surface area contributed by atoms with Crippen molar-refractivity contribution in [2.75, 3.05) is 70.9 Å². The van der Waals surface area contributed by atoms with Crippen molar-refractivity contribution >= 4 is 53.1 Å². The summed E-state index contributed by atoms with van der Waals surface area (Å²) in [5.41, 5.74) is 1.11. The summed E-state index contributed by atoms with van der Waals surface area (Å²) in [6.07, 6.45) is -2.64. The second kappa shape index (κ2) is 15.8. The van der Waals surface area contributed by atoms with Crippen LogP contribution in [0.2, 0.25) is 0 Å². The quantitative estimate of drug-likeness (QED) is 0.179. The van der Waals surface area contributed by atoms with Crippen LogP contribution in [-0.4, -0.2) is 90.5 Å². The average Bonchev–Trinajstić information content (AvgIpc) is 2.83. The molecule has 0 amide bonds. The molecule has 43 heavy (non-hydrogen) atoms. The Morgan fingerprint density at radius 1 is 0.442 bits per heavy atom. The van der Waals surface area contributed by atoms with Crippen LogP contribution in [0.15, 0.2) is 48.5 Å². The van der Waals surface area contributed by atoms with E-state index in [1.807, 2.05) is 0 Å². The predicted molar refractivity (Wildman–Crippen MR) is 159 cm³/mol. The molecule has 0 spiro atoms. The summed E-state index contributed by atoms with van der Waals surface area (Å²) in [7, 11) is -18.6. The maximum Gasteiger partial charge on any atom is 0.344 e. The molecule has 8 N–H and O–H groups in total. The Hall–Kier alpha value is -0.656. The third-order valence-electron chi connectivity index (χ3n) is 6.26. The number of fused-ring (bicyclic) bond motifs is 2. The molecule has 3 rings (SSSR count). The van der Waals surface area contributed by atoms with Crippen LogP contribution in [0.3, 0.4) is 0 Å². The largest absolute Gasteiger partial charge is 0.358 e. The first-order valence-electron chi connectivity index (χ1n) is 12.7. The summed E-state index contributed by atoms with van der Waals surface area (Å²) in [6.45, 7) is -0.0639. The van der Waals surface area contributed by atoms with Crippen molar-refractivity contribution in [2.45, 2.75) is 12.8 Å². The molecule has 0 atom stereocenters. The van der Waals surface area contributed by atoms with Crippen LogP contribution in [-0.2, 0) is 51.0 Å². The first-order chi connectivity index (χ1) is 19.3. The van der Waals surface area contributed by atoms with Gasteiger partial charge in [-0.05, 0) is 37.1 Å². The van der Waals surface area contributed by atoms with Crippen molar-refractivity contribution in [3.63, 3.8) is 0 Å². The fourth-order valence-corrected chi connectivity index (χ4v) is 7.82. The second-order valence-corrected chi connectivity index (χ2v) is 16.4. The van der Waals surface area contributed by atoms with Gasteiger partial charge in [0.25, 0.3) is 0 Å². The zero-order valence-corrected chi connectivity index (χ0v) is 29.5. The number of benzene rings is 2. The van der Waals surface area contributed by atoms with Crippen molar-refractivity contribution in [1.82, 2.24) is 0 Å². The summed E-state index contributed by atoms with van der Waals surface area (Å²) in [4.78, 5) is 84.1. The Bertz CT molecular complexity index is 1210. The Labute approximate surface area is 274 Å². The standard InChI is InChI=1S/C22H36N4O12P4.Y/c27-39(28,29)15-23-11-5-13-25(17-41(33,34)35)21-9-3-4-10-22(21)26(18-42(36,37)38)14-6-12-24(16-40(30,31)32)20-8-2-1-7-19(20)23;/h1-4,7-10H,5-6,11-18H2,(H2,27,28,29)(H2,30,31,32)(H2,33,34,35)(H2,36,37,38);/i;1+1. The molecule has 1 radical (unpaired) electrons. The van der Waals surface area contributed by atoms with E-state index in [-0.39, 0.29) is 94.5 Å². The number of para-hydroxylation sites is 4.